The molecule has 0 aliphatic carbocycles. The molecule has 2 aromatic rings. The number of allylic oxidation sites excluding steroid dienone is 1. The number of amides is 1. The number of carbonyl (C=O) groups is 1. The molecule has 0 atom stereocenters. The highest BCUT2D eigenvalue weighted by atomic mass is 16.5. The summed E-state index contributed by atoms with van der Waals surface area (Å²) in [6.45, 7) is 4.84. The van der Waals surface area contributed by atoms with E-state index in [9.17, 15) is 4.79 Å². The van der Waals surface area contributed by atoms with Crippen LogP contribution in [0.15, 0.2) is 60.7 Å². The number of likely N-dealkylation sites (tertiary alicyclic amines) is 1. The Morgan fingerprint density at radius 2 is 1.69 bits per heavy atom. The van der Waals surface area contributed by atoms with Gasteiger partial charge < -0.3 is 14.5 Å². The number of piperidine rings is 1. The van der Waals surface area contributed by atoms with Gasteiger partial charge in [-0.05, 0) is 75.7 Å². The van der Waals surface area contributed by atoms with Gasteiger partial charge in [0.25, 0.3) is 0 Å². The molecule has 0 saturated carbocycles. The fourth-order valence-corrected chi connectivity index (χ4v) is 3.74. The van der Waals surface area contributed by atoms with Crippen molar-refractivity contribution in [1.29, 1.82) is 0 Å². The van der Waals surface area contributed by atoms with Crippen LogP contribution in [0, 0.1) is 6.92 Å². The summed E-state index contributed by atoms with van der Waals surface area (Å²) in [7, 11) is 3.82. The third kappa shape index (κ3) is 6.20. The van der Waals surface area contributed by atoms with Crippen molar-refractivity contribution in [2.45, 2.75) is 38.8 Å². The lowest BCUT2D eigenvalue weighted by molar-refractivity contribution is -0.129. The molecule has 154 valence electrons. The van der Waals surface area contributed by atoms with Gasteiger partial charge in [0, 0.05) is 12.6 Å². The third-order valence-electron chi connectivity index (χ3n) is 5.66. The number of ether oxygens (including phenoxy) is 1. The Hall–Kier alpha value is -2.59. The van der Waals surface area contributed by atoms with E-state index < -0.39 is 0 Å². The normalized spacial score (nSPS) is 15.6. The van der Waals surface area contributed by atoms with Crippen molar-refractivity contribution in [3.8, 4) is 5.75 Å². The SMILES string of the molecule is COc1ccc(CC=CC(=O)N(Cc2ccc(C)cc2)C2CCN(C)CC2)cc1. The van der Waals surface area contributed by atoms with Crippen LogP contribution in [0.3, 0.4) is 0 Å². The van der Waals surface area contributed by atoms with Gasteiger partial charge in [0.15, 0.2) is 0 Å². The molecule has 3 rings (SSSR count). The number of hydrogen-bond acceptors (Lipinski definition) is 3. The fourth-order valence-electron chi connectivity index (χ4n) is 3.74. The standard InChI is InChI=1S/C25H32N2O2/c1-20-7-9-22(10-8-20)19-27(23-15-17-26(2)18-16-23)25(28)6-4-5-21-11-13-24(29-3)14-12-21/h4,6-14,23H,5,15-19H2,1-3H3. The first kappa shape index (κ1) is 21.1. The van der Waals surface area contributed by atoms with Crippen LogP contribution in [0.5, 0.6) is 5.75 Å². The summed E-state index contributed by atoms with van der Waals surface area (Å²) < 4.78 is 5.20. The average Bonchev–Trinajstić information content (AvgIpc) is 2.74. The highest BCUT2D eigenvalue weighted by Gasteiger charge is 2.25. The predicted octanol–water partition coefficient (Wildman–Crippen LogP) is 4.23. The van der Waals surface area contributed by atoms with Crippen LogP contribution >= 0.6 is 0 Å². The van der Waals surface area contributed by atoms with Crippen LogP contribution in [0.25, 0.3) is 0 Å². The van der Waals surface area contributed by atoms with Gasteiger partial charge in [0.1, 0.15) is 5.75 Å². The molecule has 0 aromatic heterocycles. The largest absolute Gasteiger partial charge is 0.497 e. The number of methoxy groups -OCH3 is 1. The van der Waals surface area contributed by atoms with Gasteiger partial charge in [-0.15, -0.1) is 0 Å². The zero-order chi connectivity index (χ0) is 20.6. The first-order valence-corrected chi connectivity index (χ1v) is 10.4. The predicted molar refractivity (Wildman–Crippen MR) is 118 cm³/mol. The maximum Gasteiger partial charge on any atom is 0.246 e. The molecule has 1 fully saturated rings. The van der Waals surface area contributed by atoms with Gasteiger partial charge in [0.05, 0.1) is 7.11 Å². The Labute approximate surface area is 174 Å². The van der Waals surface area contributed by atoms with Crippen molar-refractivity contribution in [3.63, 3.8) is 0 Å². The molecule has 0 unspecified atom stereocenters. The molecule has 0 radical (unpaired) electrons. The van der Waals surface area contributed by atoms with Crippen molar-refractivity contribution >= 4 is 5.91 Å². The number of nitrogens with zero attached hydrogens (tertiary/aromatic N) is 2. The van der Waals surface area contributed by atoms with Gasteiger partial charge in [0.2, 0.25) is 5.91 Å². The van der Waals surface area contributed by atoms with Gasteiger partial charge in [-0.2, -0.15) is 0 Å². The van der Waals surface area contributed by atoms with Crippen LogP contribution in [0.2, 0.25) is 0 Å². The molecule has 1 saturated heterocycles. The molecular formula is C25H32N2O2. The fraction of sp³-hybridized carbons (Fsp3) is 0.400. The maximum atomic E-state index is 13.1. The molecule has 1 heterocycles. The summed E-state index contributed by atoms with van der Waals surface area (Å²) in [6, 6.07) is 16.8. The van der Waals surface area contributed by atoms with Crippen molar-refractivity contribution in [1.82, 2.24) is 9.80 Å². The van der Waals surface area contributed by atoms with Crippen LogP contribution in [-0.2, 0) is 17.8 Å². The van der Waals surface area contributed by atoms with Crippen LogP contribution in [0.1, 0.15) is 29.5 Å². The molecule has 1 aliphatic rings. The number of rotatable bonds is 7. The second-order valence-corrected chi connectivity index (χ2v) is 7.94. The Morgan fingerprint density at radius 3 is 2.31 bits per heavy atom. The summed E-state index contributed by atoms with van der Waals surface area (Å²) in [6.07, 6.45) is 6.51. The van der Waals surface area contributed by atoms with Crippen molar-refractivity contribution in [2.75, 3.05) is 27.2 Å². The van der Waals surface area contributed by atoms with Crippen molar-refractivity contribution in [3.05, 3.63) is 77.4 Å². The second-order valence-electron chi connectivity index (χ2n) is 7.94. The third-order valence-corrected chi connectivity index (χ3v) is 5.66. The lowest BCUT2D eigenvalue weighted by Gasteiger charge is -2.37. The second kappa shape index (κ2) is 10.3. The number of benzene rings is 2. The van der Waals surface area contributed by atoms with Gasteiger partial charge in [-0.3, -0.25) is 4.79 Å². The van der Waals surface area contributed by atoms with Gasteiger partial charge in [-0.1, -0.05) is 48.0 Å². The van der Waals surface area contributed by atoms with E-state index in [2.05, 4.69) is 48.0 Å². The summed E-state index contributed by atoms with van der Waals surface area (Å²) in [4.78, 5) is 17.5. The minimum absolute atomic E-state index is 0.105. The number of hydrogen-bond donors (Lipinski definition) is 0. The Kier molecular flexibility index (Phi) is 7.48. The lowest BCUT2D eigenvalue weighted by Crippen LogP contribution is -2.45. The Bertz CT molecular complexity index is 804. The van der Waals surface area contributed by atoms with Crippen LogP contribution < -0.4 is 4.74 Å². The summed E-state index contributed by atoms with van der Waals surface area (Å²) in [5.74, 6) is 0.953. The van der Waals surface area contributed by atoms with E-state index in [-0.39, 0.29) is 5.91 Å². The minimum Gasteiger partial charge on any atom is -0.497 e. The first-order chi connectivity index (χ1) is 14.0. The molecular weight excluding hydrogens is 360 g/mol. The topological polar surface area (TPSA) is 32.8 Å². The Balaban J connectivity index is 1.67. The number of aryl methyl sites for hydroxylation is 1. The van der Waals surface area contributed by atoms with Gasteiger partial charge in [-0.25, -0.2) is 0 Å². The van der Waals surface area contributed by atoms with Crippen molar-refractivity contribution in [2.24, 2.45) is 0 Å². The summed E-state index contributed by atoms with van der Waals surface area (Å²) in [5.41, 5.74) is 3.59. The smallest absolute Gasteiger partial charge is 0.246 e. The molecule has 0 bridgehead atoms. The summed E-state index contributed by atoms with van der Waals surface area (Å²) >= 11 is 0. The lowest BCUT2D eigenvalue weighted by atomic mass is 10.0. The van der Waals surface area contributed by atoms with E-state index in [4.69, 9.17) is 4.74 Å². The van der Waals surface area contributed by atoms with Crippen molar-refractivity contribution < 1.29 is 9.53 Å². The van der Waals surface area contributed by atoms with Gasteiger partial charge >= 0.3 is 0 Å². The van der Waals surface area contributed by atoms with E-state index in [1.54, 1.807) is 13.2 Å². The average molecular weight is 393 g/mol. The molecule has 4 nitrogen and oxygen atoms in total. The molecule has 2 aromatic carbocycles. The first-order valence-electron chi connectivity index (χ1n) is 10.4. The zero-order valence-corrected chi connectivity index (χ0v) is 17.8. The molecule has 0 spiro atoms. The highest BCUT2D eigenvalue weighted by molar-refractivity contribution is 5.87. The number of carbonyl (C=O) groups excluding carboxylic acids is 1. The van der Waals surface area contributed by atoms with E-state index in [1.807, 2.05) is 30.3 Å². The summed E-state index contributed by atoms with van der Waals surface area (Å²) in [5, 5.41) is 0. The molecule has 0 N–H and O–H groups in total. The van der Waals surface area contributed by atoms with E-state index in [0.29, 0.717) is 12.6 Å². The van der Waals surface area contributed by atoms with E-state index >= 15 is 0 Å². The Morgan fingerprint density at radius 1 is 1.07 bits per heavy atom. The zero-order valence-electron chi connectivity index (χ0n) is 17.8. The molecule has 29 heavy (non-hydrogen) atoms. The molecule has 1 amide bonds. The van der Waals surface area contributed by atoms with E-state index in [0.717, 1.165) is 38.1 Å². The minimum atomic E-state index is 0.105. The van der Waals surface area contributed by atoms with E-state index in [1.165, 1.54) is 16.7 Å². The molecule has 1 aliphatic heterocycles. The quantitative estimate of drug-likeness (QED) is 0.661. The monoisotopic (exact) mass is 392 g/mol. The maximum absolute atomic E-state index is 13.1. The van der Waals surface area contributed by atoms with Crippen LogP contribution in [0.4, 0.5) is 0 Å². The molecule has 4 heteroatoms. The van der Waals surface area contributed by atoms with Crippen LogP contribution in [-0.4, -0.2) is 49.0 Å². The highest BCUT2D eigenvalue weighted by Crippen LogP contribution is 2.20.